The van der Waals surface area contributed by atoms with E-state index in [4.69, 9.17) is 0 Å². The maximum Gasteiger partial charge on any atom is 0.242 e. The highest BCUT2D eigenvalue weighted by Crippen LogP contribution is 2.27. The molecular formula is C19H28N4O2. The highest BCUT2D eigenvalue weighted by atomic mass is 16.2. The number of hydrogen-bond donors (Lipinski definition) is 1. The molecule has 1 aromatic carbocycles. The third kappa shape index (κ3) is 4.51. The Bertz CT molecular complexity index is 624. The predicted octanol–water partition coefficient (Wildman–Crippen LogP) is 0.718. The summed E-state index contributed by atoms with van der Waals surface area (Å²) < 4.78 is 0. The van der Waals surface area contributed by atoms with Crippen LogP contribution in [-0.2, 0) is 16.0 Å². The molecule has 0 radical (unpaired) electrons. The Morgan fingerprint density at radius 3 is 2.48 bits per heavy atom. The van der Waals surface area contributed by atoms with Gasteiger partial charge in [0.25, 0.3) is 0 Å². The molecule has 0 aromatic heterocycles. The van der Waals surface area contributed by atoms with Crippen LogP contribution in [0.25, 0.3) is 0 Å². The van der Waals surface area contributed by atoms with Crippen LogP contribution < -0.4 is 10.2 Å². The van der Waals surface area contributed by atoms with Gasteiger partial charge in [-0.05, 0) is 31.9 Å². The van der Waals surface area contributed by atoms with E-state index in [0.717, 1.165) is 26.1 Å². The van der Waals surface area contributed by atoms with Crippen LogP contribution in [0.15, 0.2) is 24.3 Å². The fourth-order valence-corrected chi connectivity index (χ4v) is 3.56. The van der Waals surface area contributed by atoms with Crippen molar-refractivity contribution in [2.24, 2.45) is 0 Å². The van der Waals surface area contributed by atoms with Gasteiger partial charge in [-0.3, -0.25) is 14.5 Å². The lowest BCUT2D eigenvalue weighted by atomic mass is 10.2. The van der Waals surface area contributed by atoms with Gasteiger partial charge >= 0.3 is 0 Å². The van der Waals surface area contributed by atoms with Gasteiger partial charge in [0.15, 0.2) is 0 Å². The summed E-state index contributed by atoms with van der Waals surface area (Å²) >= 11 is 0. The van der Waals surface area contributed by atoms with Crippen LogP contribution in [0.2, 0.25) is 0 Å². The molecule has 0 unspecified atom stereocenters. The number of para-hydroxylation sites is 1. The first kappa shape index (κ1) is 17.7. The summed E-state index contributed by atoms with van der Waals surface area (Å²) in [6, 6.07) is 8.49. The largest absolute Gasteiger partial charge is 0.362 e. The normalized spacial score (nSPS) is 17.7. The summed E-state index contributed by atoms with van der Waals surface area (Å²) in [7, 11) is 0. The zero-order valence-electron chi connectivity index (χ0n) is 15.2. The van der Waals surface area contributed by atoms with E-state index in [-0.39, 0.29) is 17.9 Å². The molecule has 1 fully saturated rings. The number of fused-ring (bicyclic) bond motifs is 1. The molecule has 2 aliphatic rings. The van der Waals surface area contributed by atoms with Crippen LogP contribution in [0.5, 0.6) is 0 Å². The van der Waals surface area contributed by atoms with Gasteiger partial charge in [-0.2, -0.15) is 0 Å². The monoisotopic (exact) mass is 344 g/mol. The van der Waals surface area contributed by atoms with Gasteiger partial charge in [-0.1, -0.05) is 18.2 Å². The zero-order chi connectivity index (χ0) is 17.8. The number of carbonyl (C=O) groups excluding carboxylic acids is 2. The lowest BCUT2D eigenvalue weighted by Gasteiger charge is -2.35. The molecule has 6 nitrogen and oxygen atoms in total. The van der Waals surface area contributed by atoms with E-state index in [0.29, 0.717) is 26.2 Å². The van der Waals surface area contributed by atoms with E-state index in [1.807, 2.05) is 24.8 Å². The number of carbonyl (C=O) groups is 2. The summed E-state index contributed by atoms with van der Waals surface area (Å²) in [5.41, 5.74) is 2.52. The van der Waals surface area contributed by atoms with E-state index in [9.17, 15) is 9.59 Å². The third-order valence-corrected chi connectivity index (χ3v) is 4.85. The van der Waals surface area contributed by atoms with E-state index < -0.39 is 0 Å². The molecule has 1 aromatic rings. The summed E-state index contributed by atoms with van der Waals surface area (Å²) in [5, 5.41) is 2.91. The van der Waals surface area contributed by atoms with Crippen molar-refractivity contribution in [3.05, 3.63) is 29.8 Å². The first-order valence-electron chi connectivity index (χ1n) is 9.15. The number of piperazine rings is 1. The molecular weight excluding hydrogens is 316 g/mol. The van der Waals surface area contributed by atoms with Crippen molar-refractivity contribution in [3.8, 4) is 0 Å². The lowest BCUT2D eigenvalue weighted by molar-refractivity contribution is -0.131. The number of amides is 2. The molecule has 2 aliphatic heterocycles. The molecule has 3 rings (SSSR count). The Morgan fingerprint density at radius 1 is 1.04 bits per heavy atom. The first-order chi connectivity index (χ1) is 12.0. The highest BCUT2D eigenvalue weighted by molar-refractivity contribution is 5.82. The summed E-state index contributed by atoms with van der Waals surface area (Å²) in [4.78, 5) is 30.7. The van der Waals surface area contributed by atoms with Crippen molar-refractivity contribution in [1.82, 2.24) is 15.1 Å². The topological polar surface area (TPSA) is 55.9 Å². The Labute approximate surface area is 149 Å². The molecule has 0 aliphatic carbocycles. The standard InChI is InChI=1S/C19H28N4O2/c1-15(2)20-18(24)13-21-9-11-22(12-10-21)19(25)14-23-8-7-16-5-3-4-6-17(16)23/h3-6,15H,7-14H2,1-2H3,(H,20,24). The molecule has 6 heteroatoms. The number of benzene rings is 1. The molecule has 0 atom stereocenters. The Kier molecular flexibility index (Phi) is 5.58. The van der Waals surface area contributed by atoms with Crippen molar-refractivity contribution in [3.63, 3.8) is 0 Å². The van der Waals surface area contributed by atoms with Gasteiger partial charge in [-0.15, -0.1) is 0 Å². The van der Waals surface area contributed by atoms with Crippen molar-refractivity contribution < 1.29 is 9.59 Å². The summed E-state index contributed by atoms with van der Waals surface area (Å²) in [5.74, 6) is 0.242. The molecule has 1 saturated heterocycles. The van der Waals surface area contributed by atoms with Gasteiger partial charge < -0.3 is 15.1 Å². The first-order valence-corrected chi connectivity index (χ1v) is 9.15. The third-order valence-electron chi connectivity index (χ3n) is 4.85. The second-order valence-electron chi connectivity index (χ2n) is 7.18. The van der Waals surface area contributed by atoms with Crippen LogP contribution in [0.4, 0.5) is 5.69 Å². The number of anilines is 1. The maximum atomic E-state index is 12.6. The smallest absolute Gasteiger partial charge is 0.242 e. The van der Waals surface area contributed by atoms with Crippen LogP contribution >= 0.6 is 0 Å². The number of nitrogens with zero attached hydrogens (tertiary/aromatic N) is 3. The molecule has 25 heavy (non-hydrogen) atoms. The van der Waals surface area contributed by atoms with Gasteiger partial charge in [-0.25, -0.2) is 0 Å². The summed E-state index contributed by atoms with van der Waals surface area (Å²) in [6.45, 7) is 8.62. The SMILES string of the molecule is CC(C)NC(=O)CN1CCN(C(=O)CN2CCc3ccccc32)CC1. The Morgan fingerprint density at radius 2 is 1.76 bits per heavy atom. The molecule has 0 bridgehead atoms. The van der Waals surface area contributed by atoms with Crippen molar-refractivity contribution >= 4 is 17.5 Å². The number of hydrogen-bond acceptors (Lipinski definition) is 4. The van der Waals surface area contributed by atoms with Crippen molar-refractivity contribution in [2.75, 3.05) is 50.7 Å². The van der Waals surface area contributed by atoms with Crippen LogP contribution in [-0.4, -0.2) is 73.5 Å². The zero-order valence-corrected chi connectivity index (χ0v) is 15.2. The van der Waals surface area contributed by atoms with E-state index in [2.05, 4.69) is 33.3 Å². The second-order valence-corrected chi connectivity index (χ2v) is 7.18. The minimum Gasteiger partial charge on any atom is -0.362 e. The molecule has 1 N–H and O–H groups in total. The fraction of sp³-hybridized carbons (Fsp3) is 0.579. The van der Waals surface area contributed by atoms with Crippen LogP contribution in [0, 0.1) is 0 Å². The minimum absolute atomic E-state index is 0.0588. The maximum absolute atomic E-state index is 12.6. The average molecular weight is 344 g/mol. The second kappa shape index (κ2) is 7.87. The van der Waals surface area contributed by atoms with E-state index >= 15 is 0 Å². The molecule has 0 spiro atoms. The Hall–Kier alpha value is -2.08. The van der Waals surface area contributed by atoms with Crippen LogP contribution in [0.1, 0.15) is 19.4 Å². The predicted molar refractivity (Wildman–Crippen MR) is 98.7 cm³/mol. The molecule has 2 heterocycles. The van der Waals surface area contributed by atoms with E-state index in [1.54, 1.807) is 0 Å². The number of nitrogens with one attached hydrogen (secondary N) is 1. The van der Waals surface area contributed by atoms with Gasteiger partial charge in [0, 0.05) is 44.5 Å². The van der Waals surface area contributed by atoms with Crippen molar-refractivity contribution in [1.29, 1.82) is 0 Å². The minimum atomic E-state index is 0.0588. The molecule has 136 valence electrons. The van der Waals surface area contributed by atoms with E-state index in [1.165, 1.54) is 11.3 Å². The van der Waals surface area contributed by atoms with Gasteiger partial charge in [0.05, 0.1) is 13.1 Å². The highest BCUT2D eigenvalue weighted by Gasteiger charge is 2.26. The van der Waals surface area contributed by atoms with Crippen LogP contribution in [0.3, 0.4) is 0 Å². The lowest BCUT2D eigenvalue weighted by Crippen LogP contribution is -2.53. The average Bonchev–Trinajstić information content (AvgIpc) is 2.98. The molecule has 2 amide bonds. The van der Waals surface area contributed by atoms with Crippen molar-refractivity contribution in [2.45, 2.75) is 26.3 Å². The Balaban J connectivity index is 1.45. The summed E-state index contributed by atoms with van der Waals surface area (Å²) in [6.07, 6.45) is 1.02. The number of rotatable bonds is 5. The van der Waals surface area contributed by atoms with Gasteiger partial charge in [0.2, 0.25) is 11.8 Å². The van der Waals surface area contributed by atoms with Gasteiger partial charge in [0.1, 0.15) is 0 Å². The molecule has 0 saturated carbocycles. The fourth-order valence-electron chi connectivity index (χ4n) is 3.56. The quantitative estimate of drug-likeness (QED) is 0.855.